The van der Waals surface area contributed by atoms with Crippen molar-refractivity contribution in [1.29, 1.82) is 0 Å². The summed E-state index contributed by atoms with van der Waals surface area (Å²) in [5, 5.41) is 12.8. The predicted octanol–water partition coefficient (Wildman–Crippen LogP) is 7.75. The predicted molar refractivity (Wildman–Crippen MR) is 142 cm³/mol. The minimum atomic E-state index is -0.787. The molecule has 0 spiro atoms. The smallest absolute Gasteiger partial charge is 0.326 e. The summed E-state index contributed by atoms with van der Waals surface area (Å²) >= 11 is 1.68. The van der Waals surface area contributed by atoms with Gasteiger partial charge in [-0.2, -0.15) is 11.8 Å². The second kappa shape index (κ2) is 15.8. The molecule has 0 aromatic heterocycles. The van der Waals surface area contributed by atoms with Crippen LogP contribution in [0.15, 0.2) is 70.0 Å². The van der Waals surface area contributed by atoms with E-state index in [-0.39, 0.29) is 0 Å². The molecule has 1 aliphatic carbocycles. The van der Waals surface area contributed by atoms with Crippen molar-refractivity contribution < 1.29 is 9.90 Å². The highest BCUT2D eigenvalue weighted by Crippen LogP contribution is 2.19. The number of thioether (sulfide) groups is 1. The molecule has 0 bridgehead atoms. The summed E-state index contributed by atoms with van der Waals surface area (Å²) in [5.74, 6) is 0.615. The largest absolute Gasteiger partial charge is 0.480 e. The Balaban J connectivity index is 2.54. The van der Waals surface area contributed by atoms with Gasteiger partial charge in [-0.15, -0.1) is 0 Å². The molecule has 4 heteroatoms. The van der Waals surface area contributed by atoms with Crippen LogP contribution in [0.2, 0.25) is 0 Å². The molecule has 3 nitrogen and oxygen atoms in total. The van der Waals surface area contributed by atoms with Crippen LogP contribution in [-0.4, -0.2) is 28.6 Å². The lowest BCUT2D eigenvalue weighted by molar-refractivity contribution is -0.138. The van der Waals surface area contributed by atoms with E-state index in [9.17, 15) is 9.90 Å². The standard InChI is InChI=1S/C28H43NO2S/c1-21(2)9-7-10-23(5)11-8-12-25(15-13-22(3)4)17-18-32-20-27(28(30)31)29-26-16-14-24(6)19-26/h9,11,13-14,16-17,27,29H,7-8,10,12,15,18-20H2,1-6H3,(H,30,31)/b23-11+,25-17-. The van der Waals surface area contributed by atoms with E-state index < -0.39 is 12.0 Å². The first-order valence-electron chi connectivity index (χ1n) is 11.7. The average molecular weight is 458 g/mol. The second-order valence-corrected chi connectivity index (χ2v) is 10.3. The lowest BCUT2D eigenvalue weighted by atomic mass is 10.0. The molecule has 0 radical (unpaired) electrons. The molecule has 0 saturated carbocycles. The van der Waals surface area contributed by atoms with Crippen LogP contribution in [0, 0.1) is 0 Å². The van der Waals surface area contributed by atoms with E-state index in [4.69, 9.17) is 0 Å². The van der Waals surface area contributed by atoms with Gasteiger partial charge in [-0.1, -0.05) is 58.2 Å². The third-order valence-corrected chi connectivity index (χ3v) is 6.26. The molecule has 0 fully saturated rings. The van der Waals surface area contributed by atoms with E-state index >= 15 is 0 Å². The quantitative estimate of drug-likeness (QED) is 0.195. The zero-order valence-electron chi connectivity index (χ0n) is 21.0. The summed E-state index contributed by atoms with van der Waals surface area (Å²) < 4.78 is 0. The maximum Gasteiger partial charge on any atom is 0.326 e. The van der Waals surface area contributed by atoms with Gasteiger partial charge in [-0.05, 0) is 79.7 Å². The summed E-state index contributed by atoms with van der Waals surface area (Å²) in [6.07, 6.45) is 19.5. The number of rotatable bonds is 15. The lowest BCUT2D eigenvalue weighted by Gasteiger charge is -2.16. The highest BCUT2D eigenvalue weighted by molar-refractivity contribution is 7.99. The van der Waals surface area contributed by atoms with Crippen molar-refractivity contribution in [3.05, 3.63) is 70.0 Å². The maximum absolute atomic E-state index is 11.6. The molecule has 1 atom stereocenters. The van der Waals surface area contributed by atoms with Gasteiger partial charge in [0.2, 0.25) is 0 Å². The zero-order chi connectivity index (χ0) is 23.9. The molecular formula is C28H43NO2S. The van der Waals surface area contributed by atoms with Crippen molar-refractivity contribution in [2.75, 3.05) is 11.5 Å². The van der Waals surface area contributed by atoms with Crippen LogP contribution >= 0.6 is 11.8 Å². The molecule has 1 unspecified atom stereocenters. The summed E-state index contributed by atoms with van der Waals surface area (Å²) in [6, 6.07) is -0.549. The van der Waals surface area contributed by atoms with Crippen molar-refractivity contribution in [2.45, 2.75) is 86.1 Å². The SMILES string of the molecule is CC(C)=CCC/C(C)=C/CC/C(=C/CSCC(NC1=CC=C(C)C1)C(=O)O)CC=C(C)C. The molecule has 0 aromatic rings. The summed E-state index contributed by atoms with van der Waals surface area (Å²) in [4.78, 5) is 11.6. The molecule has 0 aromatic carbocycles. The molecule has 0 saturated heterocycles. The Morgan fingerprint density at radius 3 is 2.31 bits per heavy atom. The van der Waals surface area contributed by atoms with Gasteiger partial charge in [-0.25, -0.2) is 4.79 Å². The maximum atomic E-state index is 11.6. The third-order valence-electron chi connectivity index (χ3n) is 5.29. The second-order valence-electron chi connectivity index (χ2n) is 9.21. The Bertz CT molecular complexity index is 788. The van der Waals surface area contributed by atoms with Crippen LogP contribution in [0.5, 0.6) is 0 Å². The minimum Gasteiger partial charge on any atom is -0.480 e. The van der Waals surface area contributed by atoms with Gasteiger partial charge in [0.25, 0.3) is 0 Å². The van der Waals surface area contributed by atoms with Crippen LogP contribution < -0.4 is 5.32 Å². The number of aliphatic carboxylic acids is 1. The topological polar surface area (TPSA) is 49.3 Å². The summed E-state index contributed by atoms with van der Waals surface area (Å²) in [6.45, 7) is 12.9. The van der Waals surface area contributed by atoms with Crippen molar-refractivity contribution >= 4 is 17.7 Å². The lowest BCUT2D eigenvalue weighted by Crippen LogP contribution is -2.38. The highest BCUT2D eigenvalue weighted by Gasteiger charge is 2.19. The van der Waals surface area contributed by atoms with Gasteiger partial charge >= 0.3 is 5.97 Å². The summed E-state index contributed by atoms with van der Waals surface area (Å²) in [5.41, 5.74) is 7.87. The van der Waals surface area contributed by atoms with E-state index in [2.05, 4.69) is 71.2 Å². The van der Waals surface area contributed by atoms with Gasteiger partial charge < -0.3 is 10.4 Å². The molecule has 1 rings (SSSR count). The van der Waals surface area contributed by atoms with Crippen molar-refractivity contribution in [1.82, 2.24) is 5.32 Å². The molecule has 1 aliphatic rings. The van der Waals surface area contributed by atoms with Gasteiger partial charge in [0, 0.05) is 23.6 Å². The Kier molecular flexibility index (Phi) is 13.9. The Morgan fingerprint density at radius 2 is 1.72 bits per heavy atom. The number of allylic oxidation sites excluding steroid dienone is 10. The van der Waals surface area contributed by atoms with Crippen LogP contribution in [0.1, 0.15) is 80.1 Å². The molecule has 0 aliphatic heterocycles. The Labute approximate surface area is 200 Å². The van der Waals surface area contributed by atoms with Gasteiger partial charge in [0.05, 0.1) is 0 Å². The van der Waals surface area contributed by atoms with Crippen molar-refractivity contribution in [3.8, 4) is 0 Å². The Hall–Kier alpha value is -1.94. The molecule has 178 valence electrons. The fourth-order valence-corrected chi connectivity index (χ4v) is 4.29. The first kappa shape index (κ1) is 28.1. The third kappa shape index (κ3) is 13.5. The fourth-order valence-electron chi connectivity index (χ4n) is 3.34. The molecule has 32 heavy (non-hydrogen) atoms. The number of carbonyl (C=O) groups is 1. The number of hydrogen-bond acceptors (Lipinski definition) is 3. The van der Waals surface area contributed by atoms with Crippen LogP contribution in [0.25, 0.3) is 0 Å². The molecule has 2 N–H and O–H groups in total. The average Bonchev–Trinajstić information content (AvgIpc) is 3.11. The van der Waals surface area contributed by atoms with Gasteiger partial charge in [0.1, 0.15) is 6.04 Å². The van der Waals surface area contributed by atoms with E-state index in [0.717, 1.165) is 50.0 Å². The summed E-state index contributed by atoms with van der Waals surface area (Å²) in [7, 11) is 0. The van der Waals surface area contributed by atoms with Crippen LogP contribution in [0.3, 0.4) is 0 Å². The van der Waals surface area contributed by atoms with Gasteiger partial charge in [-0.3, -0.25) is 0 Å². The molecular weight excluding hydrogens is 414 g/mol. The fraction of sp³-hybridized carbons (Fsp3) is 0.536. The van der Waals surface area contributed by atoms with E-state index in [1.54, 1.807) is 11.8 Å². The van der Waals surface area contributed by atoms with E-state index in [1.165, 1.54) is 27.9 Å². The van der Waals surface area contributed by atoms with Gasteiger partial charge in [0.15, 0.2) is 0 Å². The number of carboxylic acid groups (broad SMARTS) is 1. The minimum absolute atomic E-state index is 0.549. The monoisotopic (exact) mass is 457 g/mol. The van der Waals surface area contributed by atoms with Crippen LogP contribution in [0.4, 0.5) is 0 Å². The number of carboxylic acids is 1. The van der Waals surface area contributed by atoms with E-state index in [1.807, 2.05) is 12.2 Å². The Morgan fingerprint density at radius 1 is 1.03 bits per heavy atom. The van der Waals surface area contributed by atoms with Crippen LogP contribution in [-0.2, 0) is 4.79 Å². The number of nitrogens with one attached hydrogen (secondary N) is 1. The van der Waals surface area contributed by atoms with E-state index in [0.29, 0.717) is 5.75 Å². The first-order chi connectivity index (χ1) is 15.2. The first-order valence-corrected chi connectivity index (χ1v) is 12.9. The normalized spacial score (nSPS) is 15.1. The van der Waals surface area contributed by atoms with Crippen molar-refractivity contribution in [3.63, 3.8) is 0 Å². The van der Waals surface area contributed by atoms with Crippen molar-refractivity contribution in [2.24, 2.45) is 0 Å². The molecule has 0 amide bonds. The highest BCUT2D eigenvalue weighted by atomic mass is 32.2. The zero-order valence-corrected chi connectivity index (χ0v) is 21.8. The molecule has 0 heterocycles. The number of hydrogen-bond donors (Lipinski definition) is 2.